The Labute approximate surface area is 141 Å². The van der Waals surface area contributed by atoms with Crippen LogP contribution in [0.1, 0.15) is 27.9 Å². The van der Waals surface area contributed by atoms with Crippen molar-refractivity contribution in [2.45, 2.75) is 20.4 Å². The smallest absolute Gasteiger partial charge is 0.290 e. The fourth-order valence-corrected chi connectivity index (χ4v) is 3.54. The highest BCUT2D eigenvalue weighted by molar-refractivity contribution is 9.10. The summed E-state index contributed by atoms with van der Waals surface area (Å²) >= 11 is 5.12. The van der Waals surface area contributed by atoms with Crippen LogP contribution in [0.4, 0.5) is 0 Å². The number of hydrogen-bond donors (Lipinski definition) is 0. The van der Waals surface area contributed by atoms with Gasteiger partial charge in [-0.2, -0.15) is 0 Å². The SMILES string of the molecule is CCN(Cc1cccs1)C(=O)c1oc2ccc(Br)cc2c1C. The lowest BCUT2D eigenvalue weighted by Gasteiger charge is -2.19. The summed E-state index contributed by atoms with van der Waals surface area (Å²) in [7, 11) is 0. The van der Waals surface area contributed by atoms with Gasteiger partial charge in [-0.3, -0.25) is 4.79 Å². The molecule has 0 N–H and O–H groups in total. The fourth-order valence-electron chi connectivity index (χ4n) is 2.46. The molecule has 114 valence electrons. The Morgan fingerprint density at radius 1 is 1.36 bits per heavy atom. The number of carbonyl (C=O) groups excluding carboxylic acids is 1. The molecule has 0 saturated carbocycles. The number of nitrogens with zero attached hydrogens (tertiary/aromatic N) is 1. The van der Waals surface area contributed by atoms with Crippen LogP contribution in [-0.4, -0.2) is 17.4 Å². The van der Waals surface area contributed by atoms with Gasteiger partial charge in [-0.1, -0.05) is 22.0 Å². The highest BCUT2D eigenvalue weighted by atomic mass is 79.9. The Hall–Kier alpha value is -1.59. The lowest BCUT2D eigenvalue weighted by atomic mass is 10.1. The summed E-state index contributed by atoms with van der Waals surface area (Å²) in [6, 6.07) is 9.84. The molecule has 1 amide bonds. The van der Waals surface area contributed by atoms with E-state index in [2.05, 4.69) is 15.9 Å². The van der Waals surface area contributed by atoms with Gasteiger partial charge in [0.15, 0.2) is 5.76 Å². The second-order valence-electron chi connectivity index (χ2n) is 5.10. The Balaban J connectivity index is 1.95. The van der Waals surface area contributed by atoms with Crippen LogP contribution in [0.5, 0.6) is 0 Å². The standard InChI is InChI=1S/C17H16BrNO2S/c1-3-19(10-13-5-4-8-22-13)17(20)16-11(2)14-9-12(18)6-7-15(14)21-16/h4-9H,3,10H2,1-2H3. The molecule has 0 saturated heterocycles. The molecular formula is C17H16BrNO2S. The Morgan fingerprint density at radius 2 is 2.18 bits per heavy atom. The zero-order valence-electron chi connectivity index (χ0n) is 12.4. The van der Waals surface area contributed by atoms with Crippen molar-refractivity contribution in [1.82, 2.24) is 4.90 Å². The second-order valence-corrected chi connectivity index (χ2v) is 7.04. The van der Waals surface area contributed by atoms with E-state index in [9.17, 15) is 4.79 Å². The van der Waals surface area contributed by atoms with Crippen LogP contribution in [-0.2, 0) is 6.54 Å². The highest BCUT2D eigenvalue weighted by Crippen LogP contribution is 2.29. The first kappa shape index (κ1) is 15.3. The normalized spacial score (nSPS) is 11.0. The van der Waals surface area contributed by atoms with E-state index in [0.717, 1.165) is 21.0 Å². The van der Waals surface area contributed by atoms with Crippen molar-refractivity contribution in [2.75, 3.05) is 6.54 Å². The van der Waals surface area contributed by atoms with Gasteiger partial charge in [0.1, 0.15) is 5.58 Å². The van der Waals surface area contributed by atoms with E-state index in [-0.39, 0.29) is 5.91 Å². The highest BCUT2D eigenvalue weighted by Gasteiger charge is 2.22. The molecule has 0 bridgehead atoms. The molecule has 0 atom stereocenters. The van der Waals surface area contributed by atoms with Crippen LogP contribution in [0.3, 0.4) is 0 Å². The minimum absolute atomic E-state index is 0.0549. The zero-order chi connectivity index (χ0) is 15.7. The van der Waals surface area contributed by atoms with Crippen molar-refractivity contribution < 1.29 is 9.21 Å². The zero-order valence-corrected chi connectivity index (χ0v) is 14.8. The van der Waals surface area contributed by atoms with Gasteiger partial charge in [0.25, 0.3) is 5.91 Å². The molecule has 0 radical (unpaired) electrons. The van der Waals surface area contributed by atoms with Crippen molar-refractivity contribution in [1.29, 1.82) is 0 Å². The topological polar surface area (TPSA) is 33.5 Å². The van der Waals surface area contributed by atoms with E-state index in [4.69, 9.17) is 4.42 Å². The van der Waals surface area contributed by atoms with Gasteiger partial charge in [-0.25, -0.2) is 0 Å². The Kier molecular flexibility index (Phi) is 4.36. The van der Waals surface area contributed by atoms with Gasteiger partial charge in [0.05, 0.1) is 6.54 Å². The van der Waals surface area contributed by atoms with E-state index >= 15 is 0 Å². The maximum absolute atomic E-state index is 12.8. The molecule has 3 aromatic rings. The van der Waals surface area contributed by atoms with E-state index in [1.54, 1.807) is 11.3 Å². The molecule has 1 aromatic carbocycles. The number of fused-ring (bicyclic) bond motifs is 1. The number of aryl methyl sites for hydroxylation is 1. The Bertz CT molecular complexity index is 808. The first-order valence-corrected chi connectivity index (χ1v) is 8.77. The number of carbonyl (C=O) groups is 1. The molecule has 0 fully saturated rings. The molecule has 0 unspecified atom stereocenters. The largest absolute Gasteiger partial charge is 0.451 e. The third kappa shape index (κ3) is 2.83. The summed E-state index contributed by atoms with van der Waals surface area (Å²) in [5.74, 6) is 0.382. The third-order valence-electron chi connectivity index (χ3n) is 3.69. The molecule has 0 aliphatic carbocycles. The van der Waals surface area contributed by atoms with Crippen LogP contribution < -0.4 is 0 Å². The first-order valence-electron chi connectivity index (χ1n) is 7.10. The van der Waals surface area contributed by atoms with Crippen molar-refractivity contribution in [3.8, 4) is 0 Å². The molecular weight excluding hydrogens is 362 g/mol. The number of furan rings is 1. The van der Waals surface area contributed by atoms with Gasteiger partial charge in [-0.15, -0.1) is 11.3 Å². The monoisotopic (exact) mass is 377 g/mol. The number of rotatable bonds is 4. The molecule has 5 heteroatoms. The predicted octanol–water partition coefficient (Wildman–Crippen LogP) is 5.23. The van der Waals surface area contributed by atoms with Crippen LogP contribution in [0.2, 0.25) is 0 Å². The number of hydrogen-bond acceptors (Lipinski definition) is 3. The van der Waals surface area contributed by atoms with E-state index in [1.165, 1.54) is 4.88 Å². The maximum atomic E-state index is 12.8. The van der Waals surface area contributed by atoms with E-state index in [0.29, 0.717) is 18.8 Å². The lowest BCUT2D eigenvalue weighted by molar-refractivity contribution is 0.0723. The lowest BCUT2D eigenvalue weighted by Crippen LogP contribution is -2.30. The molecule has 0 spiro atoms. The van der Waals surface area contributed by atoms with Crippen molar-refractivity contribution in [2.24, 2.45) is 0 Å². The average molecular weight is 378 g/mol. The summed E-state index contributed by atoms with van der Waals surface area (Å²) in [6.45, 7) is 5.19. The van der Waals surface area contributed by atoms with Gasteiger partial charge >= 0.3 is 0 Å². The molecule has 2 heterocycles. The molecule has 3 rings (SSSR count). The van der Waals surface area contributed by atoms with Gasteiger partial charge in [-0.05, 0) is 43.5 Å². The molecule has 0 aliphatic heterocycles. The minimum atomic E-state index is -0.0549. The minimum Gasteiger partial charge on any atom is -0.451 e. The number of thiophene rings is 1. The molecule has 3 nitrogen and oxygen atoms in total. The van der Waals surface area contributed by atoms with Gasteiger partial charge in [0, 0.05) is 26.8 Å². The summed E-state index contributed by atoms with van der Waals surface area (Å²) in [4.78, 5) is 15.8. The van der Waals surface area contributed by atoms with Crippen LogP contribution in [0, 0.1) is 6.92 Å². The Morgan fingerprint density at radius 3 is 2.86 bits per heavy atom. The van der Waals surface area contributed by atoms with Crippen molar-refractivity contribution in [3.05, 3.63) is 56.4 Å². The number of benzene rings is 1. The summed E-state index contributed by atoms with van der Waals surface area (Å²) < 4.78 is 6.79. The van der Waals surface area contributed by atoms with E-state index < -0.39 is 0 Å². The summed E-state index contributed by atoms with van der Waals surface area (Å²) in [5.41, 5.74) is 1.64. The number of amides is 1. The maximum Gasteiger partial charge on any atom is 0.290 e. The van der Waals surface area contributed by atoms with Crippen molar-refractivity contribution >= 4 is 44.1 Å². The van der Waals surface area contributed by atoms with Crippen LogP contribution >= 0.6 is 27.3 Å². The number of halogens is 1. The van der Waals surface area contributed by atoms with Gasteiger partial charge in [0.2, 0.25) is 0 Å². The van der Waals surface area contributed by atoms with Crippen LogP contribution in [0.25, 0.3) is 11.0 Å². The summed E-state index contributed by atoms with van der Waals surface area (Å²) in [6.07, 6.45) is 0. The average Bonchev–Trinajstić information content (AvgIpc) is 3.13. The van der Waals surface area contributed by atoms with Gasteiger partial charge < -0.3 is 9.32 Å². The van der Waals surface area contributed by atoms with Crippen LogP contribution in [0.15, 0.2) is 44.6 Å². The third-order valence-corrected chi connectivity index (χ3v) is 5.04. The quantitative estimate of drug-likeness (QED) is 0.623. The fraction of sp³-hybridized carbons (Fsp3) is 0.235. The molecule has 22 heavy (non-hydrogen) atoms. The van der Waals surface area contributed by atoms with Crippen molar-refractivity contribution in [3.63, 3.8) is 0 Å². The summed E-state index contributed by atoms with van der Waals surface area (Å²) in [5, 5.41) is 3.00. The first-order chi connectivity index (χ1) is 10.6. The molecule has 0 aliphatic rings. The van der Waals surface area contributed by atoms with E-state index in [1.807, 2.05) is 54.5 Å². The predicted molar refractivity (Wildman–Crippen MR) is 93.4 cm³/mol. The molecule has 2 aromatic heterocycles. The second kappa shape index (κ2) is 6.26.